The monoisotopic (exact) mass is 505 g/mol. The number of nitrogens with one attached hydrogen (secondary N) is 1. The van der Waals surface area contributed by atoms with Gasteiger partial charge >= 0.3 is 11.9 Å². The number of sulfonamides is 1. The van der Waals surface area contributed by atoms with Crippen LogP contribution in [0.4, 0.5) is 0 Å². The van der Waals surface area contributed by atoms with Gasteiger partial charge < -0.3 is 9.47 Å². The van der Waals surface area contributed by atoms with E-state index in [9.17, 15) is 22.8 Å². The molecule has 0 fully saturated rings. The molecule has 0 rings (SSSR count). The maximum absolute atomic E-state index is 11.8. The van der Waals surface area contributed by atoms with E-state index >= 15 is 0 Å². The molecule has 1 N–H and O–H groups in total. The number of ether oxygens (including phenoxy) is 2. The summed E-state index contributed by atoms with van der Waals surface area (Å²) in [4.78, 5) is 34.4. The first-order valence-electron chi connectivity index (χ1n) is 12.8. The molecule has 0 saturated heterocycles. The van der Waals surface area contributed by atoms with Gasteiger partial charge in [-0.3, -0.25) is 19.1 Å². The van der Waals surface area contributed by atoms with Crippen LogP contribution in [0.1, 0.15) is 124 Å². The Bertz CT molecular complexity index is 684. The third kappa shape index (κ3) is 22.2. The molecule has 0 radical (unpaired) electrons. The lowest BCUT2D eigenvalue weighted by Gasteiger charge is -2.19. The van der Waals surface area contributed by atoms with Crippen molar-refractivity contribution in [2.45, 2.75) is 129 Å². The largest absolute Gasteiger partial charge is 0.469 e. The van der Waals surface area contributed by atoms with Crippen LogP contribution in [0.15, 0.2) is 0 Å². The Morgan fingerprint density at radius 3 is 1.50 bits per heavy atom. The van der Waals surface area contributed by atoms with Gasteiger partial charge in [0.25, 0.3) is 0 Å². The van der Waals surface area contributed by atoms with E-state index in [1.54, 1.807) is 0 Å². The van der Waals surface area contributed by atoms with Crippen molar-refractivity contribution in [1.29, 1.82) is 0 Å². The Balaban J connectivity index is 3.49. The molecule has 8 nitrogen and oxygen atoms in total. The molecule has 34 heavy (non-hydrogen) atoms. The topological polar surface area (TPSA) is 116 Å². The zero-order valence-corrected chi connectivity index (χ0v) is 22.6. The Kier molecular flexibility index (Phi) is 17.8. The second-order valence-corrected chi connectivity index (χ2v) is 11.7. The van der Waals surface area contributed by atoms with E-state index in [1.165, 1.54) is 39.2 Å². The number of amides is 1. The van der Waals surface area contributed by atoms with E-state index in [-0.39, 0.29) is 31.0 Å². The van der Waals surface area contributed by atoms with Crippen molar-refractivity contribution in [3.05, 3.63) is 0 Å². The molecule has 0 aromatic heterocycles. The van der Waals surface area contributed by atoms with Gasteiger partial charge in [0.1, 0.15) is 5.60 Å². The van der Waals surface area contributed by atoms with Gasteiger partial charge in [-0.05, 0) is 40.0 Å². The van der Waals surface area contributed by atoms with Crippen LogP contribution in [0.5, 0.6) is 0 Å². The van der Waals surface area contributed by atoms with E-state index < -0.39 is 27.5 Å². The lowest BCUT2D eigenvalue weighted by molar-refractivity contribution is -0.155. The number of carbonyl (C=O) groups excluding carboxylic acids is 3. The Hall–Kier alpha value is -1.64. The van der Waals surface area contributed by atoms with Crippen LogP contribution >= 0.6 is 0 Å². The molecule has 0 aromatic rings. The third-order valence-electron chi connectivity index (χ3n) is 5.25. The fourth-order valence-corrected chi connectivity index (χ4v) is 4.57. The van der Waals surface area contributed by atoms with Gasteiger partial charge in [0, 0.05) is 19.3 Å². The SMILES string of the molecule is COC(=O)CCCS(=O)(=O)NC(=O)CCCCCCCCCCCCCCC(=O)OC(C)(C)C. The molecule has 0 saturated carbocycles. The van der Waals surface area contributed by atoms with Crippen LogP contribution in [0, 0.1) is 0 Å². The number of hydrogen-bond donors (Lipinski definition) is 1. The predicted molar refractivity (Wildman–Crippen MR) is 134 cm³/mol. The maximum atomic E-state index is 11.8. The van der Waals surface area contributed by atoms with Crippen molar-refractivity contribution < 1.29 is 32.3 Å². The lowest BCUT2D eigenvalue weighted by atomic mass is 10.0. The van der Waals surface area contributed by atoms with E-state index in [4.69, 9.17) is 4.74 Å². The molecule has 9 heteroatoms. The average Bonchev–Trinajstić information content (AvgIpc) is 2.71. The highest BCUT2D eigenvalue weighted by Crippen LogP contribution is 2.14. The number of carbonyl (C=O) groups is 3. The Labute approximate surface area is 207 Å². The van der Waals surface area contributed by atoms with E-state index in [2.05, 4.69) is 9.46 Å². The van der Waals surface area contributed by atoms with Crippen LogP contribution in [0.25, 0.3) is 0 Å². The van der Waals surface area contributed by atoms with Crippen molar-refractivity contribution in [2.24, 2.45) is 0 Å². The molecule has 0 bridgehead atoms. The highest BCUT2D eigenvalue weighted by molar-refractivity contribution is 7.90. The quantitative estimate of drug-likeness (QED) is 0.179. The number of esters is 2. The minimum atomic E-state index is -3.69. The molecule has 1 amide bonds. The predicted octanol–water partition coefficient (Wildman–Crippen LogP) is 5.19. The number of unbranched alkanes of at least 4 members (excludes halogenated alkanes) is 11. The zero-order chi connectivity index (χ0) is 25.9. The van der Waals surface area contributed by atoms with Crippen molar-refractivity contribution >= 4 is 27.9 Å². The molecule has 0 atom stereocenters. The summed E-state index contributed by atoms with van der Waals surface area (Å²) < 4.78 is 35.5. The molecule has 0 aliphatic rings. The minimum Gasteiger partial charge on any atom is -0.469 e. The molecule has 0 heterocycles. The van der Waals surface area contributed by atoms with Crippen LogP contribution in [0.3, 0.4) is 0 Å². The summed E-state index contributed by atoms with van der Waals surface area (Å²) in [5, 5.41) is 0. The summed E-state index contributed by atoms with van der Waals surface area (Å²) in [5.74, 6) is -1.32. The van der Waals surface area contributed by atoms with Gasteiger partial charge in [-0.25, -0.2) is 8.42 Å². The van der Waals surface area contributed by atoms with Crippen LogP contribution in [0.2, 0.25) is 0 Å². The van der Waals surface area contributed by atoms with Crippen molar-refractivity contribution in [2.75, 3.05) is 12.9 Å². The summed E-state index contributed by atoms with van der Waals surface area (Å²) in [7, 11) is -2.44. The second-order valence-electron chi connectivity index (χ2n) is 9.85. The van der Waals surface area contributed by atoms with E-state index in [0.717, 1.165) is 38.5 Å². The molecule has 0 spiro atoms. The summed E-state index contributed by atoms with van der Waals surface area (Å²) >= 11 is 0. The smallest absolute Gasteiger partial charge is 0.306 e. The van der Waals surface area contributed by atoms with Gasteiger partial charge in [-0.15, -0.1) is 0 Å². The van der Waals surface area contributed by atoms with Crippen LogP contribution in [-0.4, -0.2) is 44.7 Å². The summed E-state index contributed by atoms with van der Waals surface area (Å²) in [5.41, 5.74) is -0.399. The fraction of sp³-hybridized carbons (Fsp3) is 0.880. The van der Waals surface area contributed by atoms with Crippen LogP contribution < -0.4 is 4.72 Å². The fourth-order valence-electron chi connectivity index (χ4n) is 3.50. The summed E-state index contributed by atoms with van der Waals surface area (Å²) in [6, 6.07) is 0. The molecular formula is C25H47NO7S. The van der Waals surface area contributed by atoms with E-state index in [0.29, 0.717) is 12.8 Å². The molecule has 0 unspecified atom stereocenters. The maximum Gasteiger partial charge on any atom is 0.306 e. The van der Waals surface area contributed by atoms with Gasteiger partial charge in [-0.1, -0.05) is 64.2 Å². The molecule has 0 aliphatic carbocycles. The minimum absolute atomic E-state index is 0.0153. The number of methoxy groups -OCH3 is 1. The van der Waals surface area contributed by atoms with Crippen LogP contribution in [-0.2, 0) is 33.9 Å². The first-order chi connectivity index (χ1) is 15.9. The Morgan fingerprint density at radius 2 is 1.06 bits per heavy atom. The van der Waals surface area contributed by atoms with Gasteiger partial charge in [0.2, 0.25) is 15.9 Å². The van der Waals surface area contributed by atoms with Gasteiger partial charge in [0.15, 0.2) is 0 Å². The second kappa shape index (κ2) is 18.7. The zero-order valence-electron chi connectivity index (χ0n) is 21.8. The van der Waals surface area contributed by atoms with Crippen molar-refractivity contribution in [3.8, 4) is 0 Å². The lowest BCUT2D eigenvalue weighted by Crippen LogP contribution is -2.32. The first kappa shape index (κ1) is 32.4. The van der Waals surface area contributed by atoms with Gasteiger partial charge in [-0.2, -0.15) is 0 Å². The molecule has 0 aromatic carbocycles. The molecule has 0 aliphatic heterocycles. The van der Waals surface area contributed by atoms with Crippen molar-refractivity contribution in [3.63, 3.8) is 0 Å². The highest BCUT2D eigenvalue weighted by atomic mass is 32.2. The number of hydrogen-bond acceptors (Lipinski definition) is 7. The Morgan fingerprint density at radius 1 is 0.647 bits per heavy atom. The highest BCUT2D eigenvalue weighted by Gasteiger charge is 2.16. The molecule has 200 valence electrons. The number of rotatable bonds is 20. The van der Waals surface area contributed by atoms with E-state index in [1.807, 2.05) is 20.8 Å². The standard InChI is InChI=1S/C25H47NO7S/c1-25(2,3)33-24(29)19-16-14-12-10-8-6-5-7-9-11-13-15-18-22(27)26-34(30,31)21-17-20-23(28)32-4/h5-21H2,1-4H3,(H,26,27). The third-order valence-corrected chi connectivity index (χ3v) is 6.61. The summed E-state index contributed by atoms with van der Waals surface area (Å²) in [6.45, 7) is 5.66. The normalized spacial score (nSPS) is 11.8. The van der Waals surface area contributed by atoms with Crippen molar-refractivity contribution in [1.82, 2.24) is 4.72 Å². The molecular weight excluding hydrogens is 458 g/mol. The summed E-state index contributed by atoms with van der Waals surface area (Å²) in [6.07, 6.45) is 13.8. The van der Waals surface area contributed by atoms with Gasteiger partial charge in [0.05, 0.1) is 12.9 Å². The first-order valence-corrected chi connectivity index (χ1v) is 14.4. The average molecular weight is 506 g/mol.